The Morgan fingerprint density at radius 1 is 1.08 bits per heavy atom. The van der Waals surface area contributed by atoms with Crippen molar-refractivity contribution in [2.45, 2.75) is 37.8 Å². The average molecular weight is 525 g/mol. The number of benzene rings is 2. The molecule has 5 aliphatic heterocycles. The number of amides is 1. The van der Waals surface area contributed by atoms with Gasteiger partial charge in [0.15, 0.2) is 23.1 Å². The Labute approximate surface area is 217 Å². The van der Waals surface area contributed by atoms with Crippen LogP contribution in [0.2, 0.25) is 0 Å². The molecule has 0 bridgehead atoms. The molecule has 5 aliphatic rings. The van der Waals surface area contributed by atoms with Gasteiger partial charge >= 0.3 is 0 Å². The van der Waals surface area contributed by atoms with Crippen LogP contribution in [0, 0.1) is 11.6 Å². The highest BCUT2D eigenvalue weighted by Gasteiger charge is 2.51. The molecule has 11 heteroatoms. The number of morpholine rings is 1. The molecule has 0 radical (unpaired) electrons. The summed E-state index contributed by atoms with van der Waals surface area (Å²) in [6.07, 6.45) is 0.939. The summed E-state index contributed by atoms with van der Waals surface area (Å²) < 4.78 is 42.1. The Bertz CT molecular complexity index is 1410. The van der Waals surface area contributed by atoms with Crippen molar-refractivity contribution in [2.24, 2.45) is 0 Å². The average Bonchev–Trinajstić information content (AvgIpc) is 3.07. The number of nitrogens with zero attached hydrogens (tertiary/aromatic N) is 4. The molecule has 3 unspecified atom stereocenters. The van der Waals surface area contributed by atoms with Crippen molar-refractivity contribution in [3.05, 3.63) is 82.4 Å². The lowest BCUT2D eigenvalue weighted by Gasteiger charge is -2.55. The SMILES string of the molecule is C[C@@H]1COc2cccc3c2N1Cc1c(ccc(F)c1F)C3N1C2COCCN2C(=O)C2=C(O)C(O)C=CN21. The first kappa shape index (κ1) is 23.4. The van der Waals surface area contributed by atoms with Gasteiger partial charge in [-0.15, -0.1) is 0 Å². The summed E-state index contributed by atoms with van der Waals surface area (Å²) in [4.78, 5) is 17.2. The molecule has 38 heavy (non-hydrogen) atoms. The van der Waals surface area contributed by atoms with Crippen LogP contribution in [0.3, 0.4) is 0 Å². The van der Waals surface area contributed by atoms with Crippen molar-refractivity contribution in [3.8, 4) is 5.75 Å². The summed E-state index contributed by atoms with van der Waals surface area (Å²) >= 11 is 0. The number of para-hydroxylation sites is 1. The third-order valence-corrected chi connectivity index (χ3v) is 8.03. The van der Waals surface area contributed by atoms with Gasteiger partial charge in [-0.25, -0.2) is 8.78 Å². The molecule has 4 atom stereocenters. The van der Waals surface area contributed by atoms with E-state index in [9.17, 15) is 19.4 Å². The standard InChI is InChI=1S/C27H26F2N4O5/c1-14-12-38-20-4-2-3-16-23(15-5-6-18(28)22(29)17(15)11-31(14)24(16)20)33-21-13-37-10-9-30(21)27(36)25-26(35)19(34)7-8-32(25)33/h2-8,14,19,21,23,34-35H,9-13H2,1H3/t14-,19?,21?,23?/m1/s1. The van der Waals surface area contributed by atoms with Crippen molar-refractivity contribution in [1.82, 2.24) is 14.9 Å². The molecule has 1 amide bonds. The van der Waals surface area contributed by atoms with Gasteiger partial charge in [0.2, 0.25) is 0 Å². The van der Waals surface area contributed by atoms with Crippen molar-refractivity contribution in [3.63, 3.8) is 0 Å². The van der Waals surface area contributed by atoms with Crippen LogP contribution >= 0.6 is 0 Å². The minimum atomic E-state index is -1.34. The molecule has 2 aromatic rings. The first-order valence-electron chi connectivity index (χ1n) is 12.6. The zero-order valence-corrected chi connectivity index (χ0v) is 20.6. The second-order valence-corrected chi connectivity index (χ2v) is 10.1. The molecule has 2 saturated heterocycles. The van der Waals surface area contributed by atoms with E-state index in [1.807, 2.05) is 35.0 Å². The normalized spacial score (nSPS) is 28.3. The van der Waals surface area contributed by atoms with Crippen LogP contribution in [-0.2, 0) is 16.1 Å². The quantitative estimate of drug-likeness (QED) is 0.589. The predicted octanol–water partition coefficient (Wildman–Crippen LogP) is 2.53. The van der Waals surface area contributed by atoms with E-state index in [0.29, 0.717) is 24.5 Å². The zero-order chi connectivity index (χ0) is 26.3. The van der Waals surface area contributed by atoms with Crippen molar-refractivity contribution in [1.29, 1.82) is 0 Å². The zero-order valence-electron chi connectivity index (χ0n) is 20.6. The van der Waals surface area contributed by atoms with Gasteiger partial charge in [-0.3, -0.25) is 9.80 Å². The highest BCUT2D eigenvalue weighted by molar-refractivity contribution is 5.95. The Kier molecular flexibility index (Phi) is 5.19. The molecular weight excluding hydrogens is 498 g/mol. The lowest BCUT2D eigenvalue weighted by molar-refractivity contribution is -0.190. The topological polar surface area (TPSA) is 89.0 Å². The molecule has 7 rings (SSSR count). The van der Waals surface area contributed by atoms with Gasteiger partial charge in [0.1, 0.15) is 24.6 Å². The van der Waals surface area contributed by atoms with E-state index in [0.717, 1.165) is 17.3 Å². The fourth-order valence-electron chi connectivity index (χ4n) is 6.20. The van der Waals surface area contributed by atoms with Gasteiger partial charge in [0, 0.05) is 30.4 Å². The number of fused-ring (bicyclic) bond motifs is 3. The second-order valence-electron chi connectivity index (χ2n) is 10.1. The Balaban J connectivity index is 1.52. The minimum Gasteiger partial charge on any atom is -0.507 e. The van der Waals surface area contributed by atoms with E-state index < -0.39 is 41.6 Å². The number of rotatable bonds is 1. The first-order valence-corrected chi connectivity index (χ1v) is 12.6. The van der Waals surface area contributed by atoms with Gasteiger partial charge in [-0.1, -0.05) is 18.2 Å². The smallest absolute Gasteiger partial charge is 0.277 e. The summed E-state index contributed by atoms with van der Waals surface area (Å²) in [6, 6.07) is 7.50. The number of halogens is 2. The maximum absolute atomic E-state index is 15.6. The van der Waals surface area contributed by atoms with Crippen LogP contribution in [0.15, 0.2) is 54.1 Å². The molecule has 5 heterocycles. The number of hydrogen-bond donors (Lipinski definition) is 2. The summed E-state index contributed by atoms with van der Waals surface area (Å²) in [7, 11) is 0. The molecule has 198 valence electrons. The maximum atomic E-state index is 15.6. The Morgan fingerprint density at radius 2 is 1.92 bits per heavy atom. The monoisotopic (exact) mass is 524 g/mol. The van der Waals surface area contributed by atoms with E-state index in [2.05, 4.69) is 0 Å². The highest BCUT2D eigenvalue weighted by atomic mass is 19.2. The Hall–Kier alpha value is -3.67. The summed E-state index contributed by atoms with van der Waals surface area (Å²) in [5.41, 5.74) is 2.19. The fourth-order valence-corrected chi connectivity index (χ4v) is 6.20. The first-order chi connectivity index (χ1) is 18.4. The van der Waals surface area contributed by atoms with Crippen LogP contribution < -0.4 is 9.64 Å². The van der Waals surface area contributed by atoms with E-state index >= 15 is 4.39 Å². The minimum absolute atomic E-state index is 0.0854. The van der Waals surface area contributed by atoms with Crippen LogP contribution in [-0.4, -0.2) is 75.7 Å². The van der Waals surface area contributed by atoms with E-state index in [-0.39, 0.29) is 37.0 Å². The number of carbonyl (C=O) groups excluding carboxylic acids is 1. The molecule has 0 aliphatic carbocycles. The van der Waals surface area contributed by atoms with E-state index in [1.54, 1.807) is 11.0 Å². The summed E-state index contributed by atoms with van der Waals surface area (Å²) in [6.45, 7) is 3.23. The Morgan fingerprint density at radius 3 is 2.76 bits per heavy atom. The number of aliphatic hydroxyl groups excluding tert-OH is 2. The van der Waals surface area contributed by atoms with E-state index in [1.165, 1.54) is 17.3 Å². The van der Waals surface area contributed by atoms with Gasteiger partial charge in [0.25, 0.3) is 5.91 Å². The van der Waals surface area contributed by atoms with Gasteiger partial charge in [-0.2, -0.15) is 5.01 Å². The van der Waals surface area contributed by atoms with Crippen LogP contribution in [0.5, 0.6) is 5.75 Å². The molecule has 2 aromatic carbocycles. The molecule has 9 nitrogen and oxygen atoms in total. The van der Waals surface area contributed by atoms with Gasteiger partial charge < -0.3 is 29.5 Å². The lowest BCUT2D eigenvalue weighted by atomic mass is 9.92. The molecule has 2 fully saturated rings. The molecule has 2 N–H and O–H groups in total. The fraction of sp³-hybridized carbons (Fsp3) is 0.370. The number of ether oxygens (including phenoxy) is 2. The second kappa shape index (κ2) is 8.42. The number of hydrazine groups is 1. The van der Waals surface area contributed by atoms with Crippen LogP contribution in [0.1, 0.15) is 29.7 Å². The third-order valence-electron chi connectivity index (χ3n) is 8.03. The van der Waals surface area contributed by atoms with Gasteiger partial charge in [0.05, 0.1) is 31.0 Å². The molecule has 0 saturated carbocycles. The van der Waals surface area contributed by atoms with Crippen molar-refractivity contribution >= 4 is 11.6 Å². The molecular formula is C27H26F2N4O5. The maximum Gasteiger partial charge on any atom is 0.277 e. The van der Waals surface area contributed by atoms with E-state index in [4.69, 9.17) is 9.47 Å². The number of anilines is 1. The number of hydrogen-bond acceptors (Lipinski definition) is 8. The summed E-state index contributed by atoms with van der Waals surface area (Å²) in [5.74, 6) is -2.14. The lowest BCUT2D eigenvalue weighted by Crippen LogP contribution is -2.67. The van der Waals surface area contributed by atoms with Crippen molar-refractivity contribution < 1.29 is 33.3 Å². The van der Waals surface area contributed by atoms with Gasteiger partial charge in [-0.05, 0) is 30.7 Å². The highest BCUT2D eigenvalue weighted by Crippen LogP contribution is 2.50. The van der Waals surface area contributed by atoms with Crippen LogP contribution in [0.4, 0.5) is 14.5 Å². The predicted molar refractivity (Wildman–Crippen MR) is 131 cm³/mol. The van der Waals surface area contributed by atoms with Crippen LogP contribution in [0.25, 0.3) is 0 Å². The number of aliphatic hydroxyl groups is 2. The largest absolute Gasteiger partial charge is 0.507 e. The summed E-state index contributed by atoms with van der Waals surface area (Å²) in [5, 5.41) is 24.5. The van der Waals surface area contributed by atoms with Crippen molar-refractivity contribution in [2.75, 3.05) is 31.3 Å². The number of carbonyl (C=O) groups is 1. The third kappa shape index (κ3) is 3.15. The molecule has 0 spiro atoms. The molecule has 0 aromatic heterocycles.